The fraction of sp³-hybridized carbons (Fsp3) is 0.294. The van der Waals surface area contributed by atoms with Gasteiger partial charge in [0.15, 0.2) is 0 Å². The van der Waals surface area contributed by atoms with Crippen molar-refractivity contribution in [3.63, 3.8) is 0 Å². The molecule has 0 radical (unpaired) electrons. The van der Waals surface area contributed by atoms with Crippen LogP contribution >= 0.6 is 0 Å². The topological polar surface area (TPSA) is 42.0 Å². The van der Waals surface area contributed by atoms with E-state index in [1.807, 2.05) is 13.0 Å². The standard InChI is InChI=1S/C17H15F3N2O/c1-10-3-2-4-15(21-10)22-16(23)14-9-13(14)11-5-7-12(8-6-11)17(18,19)20/h2-8,13-14H,9H2,1H3,(H,21,22,23). The van der Waals surface area contributed by atoms with Gasteiger partial charge in [-0.3, -0.25) is 4.79 Å². The summed E-state index contributed by atoms with van der Waals surface area (Å²) in [5.74, 6) is 0.109. The van der Waals surface area contributed by atoms with E-state index in [0.29, 0.717) is 12.2 Å². The molecule has 1 saturated carbocycles. The van der Waals surface area contributed by atoms with E-state index < -0.39 is 11.7 Å². The van der Waals surface area contributed by atoms with Gasteiger partial charge in [0.05, 0.1) is 5.56 Å². The largest absolute Gasteiger partial charge is 0.416 e. The van der Waals surface area contributed by atoms with Crippen molar-refractivity contribution in [1.29, 1.82) is 0 Å². The second-order valence-electron chi connectivity index (χ2n) is 5.72. The maximum Gasteiger partial charge on any atom is 0.416 e. The number of alkyl halides is 3. The van der Waals surface area contributed by atoms with Crippen molar-refractivity contribution in [2.24, 2.45) is 5.92 Å². The third-order valence-corrected chi connectivity index (χ3v) is 3.93. The van der Waals surface area contributed by atoms with E-state index in [1.54, 1.807) is 12.1 Å². The van der Waals surface area contributed by atoms with Gasteiger partial charge >= 0.3 is 6.18 Å². The smallest absolute Gasteiger partial charge is 0.310 e. The highest BCUT2D eigenvalue weighted by Gasteiger charge is 2.44. The maximum absolute atomic E-state index is 12.5. The molecule has 1 heterocycles. The number of aryl methyl sites for hydroxylation is 1. The SMILES string of the molecule is Cc1cccc(NC(=O)C2CC2c2ccc(C(F)(F)F)cc2)n1. The van der Waals surface area contributed by atoms with Crippen LogP contribution < -0.4 is 5.32 Å². The third-order valence-electron chi connectivity index (χ3n) is 3.93. The summed E-state index contributed by atoms with van der Waals surface area (Å²) in [7, 11) is 0. The van der Waals surface area contributed by atoms with Crippen molar-refractivity contribution in [3.05, 3.63) is 59.3 Å². The summed E-state index contributed by atoms with van der Waals surface area (Å²) < 4.78 is 37.6. The molecule has 2 aromatic rings. The number of amides is 1. The number of pyridine rings is 1. The second-order valence-corrected chi connectivity index (χ2v) is 5.72. The van der Waals surface area contributed by atoms with Crippen molar-refractivity contribution in [2.45, 2.75) is 25.4 Å². The molecule has 1 amide bonds. The lowest BCUT2D eigenvalue weighted by Crippen LogP contribution is -2.15. The predicted octanol–water partition coefficient (Wildman–Crippen LogP) is 4.15. The molecule has 1 aromatic carbocycles. The van der Waals surface area contributed by atoms with Crippen LogP contribution in [-0.2, 0) is 11.0 Å². The molecular formula is C17H15F3N2O. The highest BCUT2D eigenvalue weighted by atomic mass is 19.4. The van der Waals surface area contributed by atoms with E-state index in [4.69, 9.17) is 0 Å². The average Bonchev–Trinajstić information content (AvgIpc) is 3.27. The van der Waals surface area contributed by atoms with Crippen LogP contribution in [0.5, 0.6) is 0 Å². The van der Waals surface area contributed by atoms with Crippen molar-refractivity contribution in [2.75, 3.05) is 5.32 Å². The first-order valence-electron chi connectivity index (χ1n) is 7.26. The number of aromatic nitrogens is 1. The Morgan fingerprint density at radius 1 is 1.17 bits per heavy atom. The fourth-order valence-electron chi connectivity index (χ4n) is 2.60. The molecule has 1 fully saturated rings. The first-order valence-corrected chi connectivity index (χ1v) is 7.26. The van der Waals surface area contributed by atoms with Gasteiger partial charge in [-0.15, -0.1) is 0 Å². The summed E-state index contributed by atoms with van der Waals surface area (Å²) in [5, 5.41) is 2.75. The number of nitrogens with zero attached hydrogens (tertiary/aromatic N) is 1. The molecule has 0 spiro atoms. The summed E-state index contributed by atoms with van der Waals surface area (Å²) in [5.41, 5.74) is 0.889. The lowest BCUT2D eigenvalue weighted by Gasteiger charge is -2.08. The van der Waals surface area contributed by atoms with Gasteiger partial charge in [-0.05, 0) is 49.1 Å². The molecule has 1 N–H and O–H groups in total. The second kappa shape index (κ2) is 5.68. The van der Waals surface area contributed by atoms with Gasteiger partial charge in [0.25, 0.3) is 0 Å². The van der Waals surface area contributed by atoms with Crippen molar-refractivity contribution in [1.82, 2.24) is 4.98 Å². The van der Waals surface area contributed by atoms with Crippen LogP contribution in [-0.4, -0.2) is 10.9 Å². The Balaban J connectivity index is 1.64. The van der Waals surface area contributed by atoms with Crippen molar-refractivity contribution < 1.29 is 18.0 Å². The zero-order valence-electron chi connectivity index (χ0n) is 12.4. The number of benzene rings is 1. The summed E-state index contributed by atoms with van der Waals surface area (Å²) in [4.78, 5) is 16.4. The summed E-state index contributed by atoms with van der Waals surface area (Å²) >= 11 is 0. The highest BCUT2D eigenvalue weighted by molar-refractivity contribution is 5.94. The molecule has 1 aromatic heterocycles. The Morgan fingerprint density at radius 3 is 2.48 bits per heavy atom. The van der Waals surface area contributed by atoms with Gasteiger partial charge in [0.2, 0.25) is 5.91 Å². The first-order chi connectivity index (χ1) is 10.8. The van der Waals surface area contributed by atoms with E-state index in [9.17, 15) is 18.0 Å². The van der Waals surface area contributed by atoms with Gasteiger partial charge in [-0.25, -0.2) is 4.98 Å². The van der Waals surface area contributed by atoms with Crippen LogP contribution in [0, 0.1) is 12.8 Å². The summed E-state index contributed by atoms with van der Waals surface area (Å²) in [6.45, 7) is 1.83. The van der Waals surface area contributed by atoms with Gasteiger partial charge in [0, 0.05) is 11.6 Å². The number of rotatable bonds is 3. The van der Waals surface area contributed by atoms with Crippen molar-refractivity contribution in [3.8, 4) is 0 Å². The minimum Gasteiger partial charge on any atom is -0.310 e. The minimum absolute atomic E-state index is 0.0258. The van der Waals surface area contributed by atoms with Gasteiger partial charge in [0.1, 0.15) is 5.82 Å². The molecule has 120 valence electrons. The van der Waals surface area contributed by atoms with Crippen LogP contribution in [0.4, 0.5) is 19.0 Å². The zero-order chi connectivity index (χ0) is 16.6. The van der Waals surface area contributed by atoms with Crippen molar-refractivity contribution >= 4 is 11.7 Å². The first kappa shape index (κ1) is 15.5. The molecule has 2 unspecified atom stereocenters. The van der Waals surface area contributed by atoms with Crippen LogP contribution in [0.15, 0.2) is 42.5 Å². The van der Waals surface area contributed by atoms with Crippen LogP contribution in [0.3, 0.4) is 0 Å². The quantitative estimate of drug-likeness (QED) is 0.923. The number of carbonyl (C=O) groups excluding carboxylic acids is 1. The third kappa shape index (κ3) is 3.52. The summed E-state index contributed by atoms with van der Waals surface area (Å²) in [6, 6.07) is 10.4. The average molecular weight is 320 g/mol. The Morgan fingerprint density at radius 2 is 1.87 bits per heavy atom. The zero-order valence-corrected chi connectivity index (χ0v) is 12.4. The Kier molecular flexibility index (Phi) is 3.83. The monoisotopic (exact) mass is 320 g/mol. The molecular weight excluding hydrogens is 305 g/mol. The van der Waals surface area contributed by atoms with Crippen LogP contribution in [0.2, 0.25) is 0 Å². The summed E-state index contributed by atoms with van der Waals surface area (Å²) in [6.07, 6.45) is -3.70. The molecule has 0 saturated heterocycles. The number of nitrogens with one attached hydrogen (secondary N) is 1. The van der Waals surface area contributed by atoms with Crippen LogP contribution in [0.25, 0.3) is 0 Å². The molecule has 2 atom stereocenters. The van der Waals surface area contributed by atoms with Gasteiger partial charge < -0.3 is 5.32 Å². The molecule has 1 aliphatic rings. The molecule has 0 bridgehead atoms. The van der Waals surface area contributed by atoms with E-state index in [-0.39, 0.29) is 17.7 Å². The molecule has 3 nitrogen and oxygen atoms in total. The maximum atomic E-state index is 12.5. The number of hydrogen-bond acceptors (Lipinski definition) is 2. The Hall–Kier alpha value is -2.37. The number of carbonyl (C=O) groups is 1. The van der Waals surface area contributed by atoms with E-state index in [1.165, 1.54) is 12.1 Å². The lowest BCUT2D eigenvalue weighted by molar-refractivity contribution is -0.137. The number of anilines is 1. The number of halogens is 3. The fourth-order valence-corrected chi connectivity index (χ4v) is 2.60. The normalized spacial score (nSPS) is 20.2. The lowest BCUT2D eigenvalue weighted by atomic mass is 10.1. The van der Waals surface area contributed by atoms with E-state index in [2.05, 4.69) is 10.3 Å². The Labute approximate surface area is 131 Å². The molecule has 3 rings (SSSR count). The highest BCUT2D eigenvalue weighted by Crippen LogP contribution is 2.48. The predicted molar refractivity (Wildman–Crippen MR) is 79.9 cm³/mol. The van der Waals surface area contributed by atoms with Crippen LogP contribution in [0.1, 0.15) is 29.2 Å². The molecule has 6 heteroatoms. The van der Waals surface area contributed by atoms with Gasteiger partial charge in [-0.1, -0.05) is 18.2 Å². The molecule has 1 aliphatic carbocycles. The van der Waals surface area contributed by atoms with Gasteiger partial charge in [-0.2, -0.15) is 13.2 Å². The van der Waals surface area contributed by atoms with E-state index >= 15 is 0 Å². The Bertz CT molecular complexity index is 725. The minimum atomic E-state index is -4.34. The number of hydrogen-bond donors (Lipinski definition) is 1. The van der Waals surface area contributed by atoms with E-state index in [0.717, 1.165) is 23.4 Å². The molecule has 23 heavy (non-hydrogen) atoms. The molecule has 0 aliphatic heterocycles.